The molecule has 1 aliphatic heterocycles. The van der Waals surface area contributed by atoms with E-state index in [0.717, 1.165) is 0 Å². The number of para-hydroxylation sites is 2. The quantitative estimate of drug-likeness (QED) is 0.874. The van der Waals surface area contributed by atoms with Gasteiger partial charge in [0.15, 0.2) is 0 Å². The van der Waals surface area contributed by atoms with Gasteiger partial charge in [0.25, 0.3) is 0 Å². The smallest absolute Gasteiger partial charge is 0.387 e. The number of alkyl halides is 2. The molecule has 1 N–H and O–H groups in total. The lowest BCUT2D eigenvalue weighted by Crippen LogP contribution is -2.41. The van der Waals surface area contributed by atoms with Crippen LogP contribution in [0.4, 0.5) is 14.5 Å². The molecule has 1 atom stereocenters. The first kappa shape index (κ1) is 17.2. The Labute approximate surface area is 133 Å². The largest absolute Gasteiger partial charge is 0.433 e. The number of carbonyl (C=O) groups is 2. The molecule has 7 heteroatoms. The molecule has 1 aliphatic rings. The average Bonchev–Trinajstić information content (AvgIpc) is 2.79. The number of hydrogen-bond donors (Lipinski definition) is 1. The van der Waals surface area contributed by atoms with E-state index in [0.29, 0.717) is 25.1 Å². The Morgan fingerprint density at radius 1 is 1.39 bits per heavy atom. The number of halogens is 2. The Hall–Kier alpha value is -2.18. The van der Waals surface area contributed by atoms with Crippen LogP contribution in [0.3, 0.4) is 0 Å². The van der Waals surface area contributed by atoms with Crippen LogP contribution >= 0.6 is 0 Å². The van der Waals surface area contributed by atoms with Gasteiger partial charge >= 0.3 is 6.61 Å². The predicted octanol–water partition coefficient (Wildman–Crippen LogP) is 2.56. The molecule has 0 unspecified atom stereocenters. The Morgan fingerprint density at radius 3 is 2.74 bits per heavy atom. The second kappa shape index (κ2) is 7.39. The minimum absolute atomic E-state index is 0.0509. The molecule has 23 heavy (non-hydrogen) atoms. The molecule has 0 spiro atoms. The van der Waals surface area contributed by atoms with Crippen LogP contribution in [0.1, 0.15) is 26.7 Å². The number of benzene rings is 1. The summed E-state index contributed by atoms with van der Waals surface area (Å²) in [5.41, 5.74) is 0.290. The lowest BCUT2D eigenvalue weighted by atomic mass is 10.1. The van der Waals surface area contributed by atoms with E-state index in [1.54, 1.807) is 18.2 Å². The maximum atomic E-state index is 12.5. The van der Waals surface area contributed by atoms with E-state index >= 15 is 0 Å². The summed E-state index contributed by atoms with van der Waals surface area (Å²) in [6.07, 6.45) is 0.778. The van der Waals surface area contributed by atoms with E-state index < -0.39 is 12.7 Å². The van der Waals surface area contributed by atoms with Crippen molar-refractivity contribution in [2.24, 2.45) is 5.92 Å². The highest BCUT2D eigenvalue weighted by Gasteiger charge is 2.35. The van der Waals surface area contributed by atoms with Crippen LogP contribution in [0.2, 0.25) is 0 Å². The summed E-state index contributed by atoms with van der Waals surface area (Å²) >= 11 is 0. The number of nitrogens with one attached hydrogen (secondary N) is 1. The molecule has 0 aliphatic carbocycles. The van der Waals surface area contributed by atoms with Crippen LogP contribution < -0.4 is 15.0 Å². The summed E-state index contributed by atoms with van der Waals surface area (Å²) in [4.78, 5) is 25.6. The Balaban J connectivity index is 2.09. The molecule has 0 bridgehead atoms. The fourth-order valence-electron chi connectivity index (χ4n) is 2.55. The van der Waals surface area contributed by atoms with Gasteiger partial charge in [-0.05, 0) is 24.5 Å². The SMILES string of the molecule is CC(C)CC(=O)N[C@@H]1CCN(c2ccccc2OC(F)F)C1=O. The number of ether oxygens (including phenoxy) is 1. The summed E-state index contributed by atoms with van der Waals surface area (Å²) in [5.74, 6) is -0.350. The molecule has 1 aromatic carbocycles. The Kier molecular flexibility index (Phi) is 5.52. The standard InChI is InChI=1S/C16H20F2N2O3/c1-10(2)9-14(21)19-11-7-8-20(15(11)22)12-5-3-4-6-13(12)23-16(17)18/h3-6,10-11,16H,7-9H2,1-2H3,(H,19,21)/t11-/m1/s1. The van der Waals surface area contributed by atoms with E-state index in [9.17, 15) is 18.4 Å². The second-order valence-electron chi connectivity index (χ2n) is 5.84. The van der Waals surface area contributed by atoms with Crippen LogP contribution in [0.25, 0.3) is 0 Å². The van der Waals surface area contributed by atoms with Crippen LogP contribution in [0.5, 0.6) is 5.75 Å². The molecular weight excluding hydrogens is 306 g/mol. The van der Waals surface area contributed by atoms with Crippen molar-refractivity contribution >= 4 is 17.5 Å². The van der Waals surface area contributed by atoms with Crippen molar-refractivity contribution in [3.05, 3.63) is 24.3 Å². The fraction of sp³-hybridized carbons (Fsp3) is 0.500. The molecule has 2 rings (SSSR count). The second-order valence-corrected chi connectivity index (χ2v) is 5.84. The van der Waals surface area contributed by atoms with Crippen LogP contribution in [-0.2, 0) is 9.59 Å². The van der Waals surface area contributed by atoms with Crippen molar-refractivity contribution < 1.29 is 23.1 Å². The number of anilines is 1. The van der Waals surface area contributed by atoms with Crippen molar-refractivity contribution in [2.75, 3.05) is 11.4 Å². The third-order valence-corrected chi connectivity index (χ3v) is 3.51. The van der Waals surface area contributed by atoms with Crippen LogP contribution in [0, 0.1) is 5.92 Å². The molecule has 1 heterocycles. The maximum Gasteiger partial charge on any atom is 0.387 e. The van der Waals surface area contributed by atoms with Gasteiger partial charge in [-0.25, -0.2) is 0 Å². The summed E-state index contributed by atoms with van der Waals surface area (Å²) in [6.45, 7) is 1.21. The predicted molar refractivity (Wildman–Crippen MR) is 81.4 cm³/mol. The number of carbonyl (C=O) groups excluding carboxylic acids is 2. The molecule has 1 aromatic rings. The first-order valence-corrected chi connectivity index (χ1v) is 7.53. The van der Waals surface area contributed by atoms with E-state index in [1.807, 2.05) is 13.8 Å². The fourth-order valence-corrected chi connectivity index (χ4v) is 2.55. The minimum Gasteiger partial charge on any atom is -0.433 e. The van der Waals surface area contributed by atoms with Gasteiger partial charge in [0.05, 0.1) is 5.69 Å². The van der Waals surface area contributed by atoms with Gasteiger partial charge in [0.2, 0.25) is 11.8 Å². The van der Waals surface area contributed by atoms with E-state index in [4.69, 9.17) is 0 Å². The zero-order valence-corrected chi connectivity index (χ0v) is 13.1. The summed E-state index contributed by atoms with van der Waals surface area (Å²) in [5, 5.41) is 2.70. The Bertz CT molecular complexity index is 578. The molecule has 126 valence electrons. The van der Waals surface area contributed by atoms with Crippen molar-refractivity contribution in [3.63, 3.8) is 0 Å². The van der Waals surface area contributed by atoms with Crippen molar-refractivity contribution in [1.82, 2.24) is 5.32 Å². The highest BCUT2D eigenvalue weighted by Crippen LogP contribution is 2.32. The van der Waals surface area contributed by atoms with Crippen molar-refractivity contribution in [2.45, 2.75) is 39.3 Å². The van der Waals surface area contributed by atoms with Crippen molar-refractivity contribution in [3.8, 4) is 5.75 Å². The highest BCUT2D eigenvalue weighted by molar-refractivity contribution is 6.02. The molecule has 0 saturated carbocycles. The zero-order chi connectivity index (χ0) is 17.0. The van der Waals surface area contributed by atoms with Crippen LogP contribution in [-0.4, -0.2) is 31.0 Å². The maximum absolute atomic E-state index is 12.5. The van der Waals surface area contributed by atoms with E-state index in [1.165, 1.54) is 11.0 Å². The molecule has 0 radical (unpaired) electrons. The Morgan fingerprint density at radius 2 is 2.09 bits per heavy atom. The third-order valence-electron chi connectivity index (χ3n) is 3.51. The average molecular weight is 326 g/mol. The normalized spacial score (nSPS) is 17.9. The van der Waals surface area contributed by atoms with Gasteiger partial charge in [0, 0.05) is 13.0 Å². The highest BCUT2D eigenvalue weighted by atomic mass is 19.3. The molecule has 0 aromatic heterocycles. The lowest BCUT2D eigenvalue weighted by molar-refractivity contribution is -0.126. The first-order chi connectivity index (χ1) is 10.9. The first-order valence-electron chi connectivity index (χ1n) is 7.53. The van der Waals surface area contributed by atoms with Gasteiger partial charge < -0.3 is 15.0 Å². The number of hydrogen-bond acceptors (Lipinski definition) is 3. The number of rotatable bonds is 6. The van der Waals surface area contributed by atoms with Gasteiger partial charge in [-0.1, -0.05) is 26.0 Å². The third kappa shape index (κ3) is 4.40. The van der Waals surface area contributed by atoms with Gasteiger partial charge in [-0.2, -0.15) is 8.78 Å². The monoisotopic (exact) mass is 326 g/mol. The molecule has 1 fully saturated rings. The molecule has 5 nitrogen and oxygen atoms in total. The number of amides is 2. The molecular formula is C16H20F2N2O3. The van der Waals surface area contributed by atoms with Gasteiger partial charge in [0.1, 0.15) is 11.8 Å². The molecule has 1 saturated heterocycles. The zero-order valence-electron chi connectivity index (χ0n) is 13.1. The molecule has 2 amide bonds. The van der Waals surface area contributed by atoms with E-state index in [2.05, 4.69) is 10.1 Å². The summed E-state index contributed by atoms with van der Waals surface area (Å²) in [7, 11) is 0. The summed E-state index contributed by atoms with van der Waals surface area (Å²) < 4.78 is 29.4. The minimum atomic E-state index is -2.96. The van der Waals surface area contributed by atoms with Gasteiger partial charge in [-0.15, -0.1) is 0 Å². The topological polar surface area (TPSA) is 58.6 Å². The van der Waals surface area contributed by atoms with Gasteiger partial charge in [-0.3, -0.25) is 9.59 Å². The summed E-state index contributed by atoms with van der Waals surface area (Å²) in [6, 6.07) is 5.52. The van der Waals surface area contributed by atoms with E-state index in [-0.39, 0.29) is 23.5 Å². The number of nitrogens with zero attached hydrogens (tertiary/aromatic N) is 1. The van der Waals surface area contributed by atoms with Crippen molar-refractivity contribution in [1.29, 1.82) is 0 Å². The lowest BCUT2D eigenvalue weighted by Gasteiger charge is -2.20. The van der Waals surface area contributed by atoms with Crippen LogP contribution in [0.15, 0.2) is 24.3 Å².